The Bertz CT molecular complexity index is 571. The first-order valence-corrected chi connectivity index (χ1v) is 7.36. The lowest BCUT2D eigenvalue weighted by atomic mass is 10.3. The SMILES string of the molecule is CC(C)[NH+]1CNC(Nc2nc3ccccc3s2)=[NH+]C1. The summed E-state index contributed by atoms with van der Waals surface area (Å²) in [6, 6.07) is 8.80. The molecule has 2 heterocycles. The van der Waals surface area contributed by atoms with Crippen molar-refractivity contribution in [2.45, 2.75) is 19.9 Å². The monoisotopic (exact) mass is 277 g/mol. The maximum atomic E-state index is 4.56. The Morgan fingerprint density at radius 1 is 1.42 bits per heavy atom. The molecule has 0 saturated carbocycles. The predicted molar refractivity (Wildman–Crippen MR) is 78.2 cm³/mol. The highest BCUT2D eigenvalue weighted by Gasteiger charge is 2.22. The van der Waals surface area contributed by atoms with Crippen LogP contribution >= 0.6 is 11.3 Å². The van der Waals surface area contributed by atoms with Gasteiger partial charge < -0.3 is 0 Å². The topological polar surface area (TPSA) is 55.4 Å². The fourth-order valence-electron chi connectivity index (χ4n) is 2.06. The number of thiazole rings is 1. The Kier molecular flexibility index (Phi) is 3.35. The van der Waals surface area contributed by atoms with Gasteiger partial charge in [-0.25, -0.2) is 20.6 Å². The van der Waals surface area contributed by atoms with Crippen LogP contribution in [0.4, 0.5) is 5.13 Å². The number of hydrogen-bond acceptors (Lipinski definition) is 4. The van der Waals surface area contributed by atoms with Gasteiger partial charge in [-0.3, -0.25) is 4.90 Å². The summed E-state index contributed by atoms with van der Waals surface area (Å²) in [4.78, 5) is 9.42. The van der Waals surface area contributed by atoms with Gasteiger partial charge in [-0.2, -0.15) is 0 Å². The van der Waals surface area contributed by atoms with Gasteiger partial charge in [0.1, 0.15) is 0 Å². The van der Waals surface area contributed by atoms with Crippen LogP contribution in [0.15, 0.2) is 24.3 Å². The minimum absolute atomic E-state index is 0.615. The Labute approximate surface area is 116 Å². The summed E-state index contributed by atoms with van der Waals surface area (Å²) in [6.45, 7) is 6.31. The predicted octanol–water partition coefficient (Wildman–Crippen LogP) is -1.04. The number of guanidine groups is 1. The lowest BCUT2D eigenvalue weighted by molar-refractivity contribution is -0.997. The molecule has 0 fully saturated rings. The van der Waals surface area contributed by atoms with Crippen molar-refractivity contribution in [3.8, 4) is 0 Å². The van der Waals surface area contributed by atoms with Crippen LogP contribution in [0.3, 0.4) is 0 Å². The number of para-hydroxylation sites is 1. The van der Waals surface area contributed by atoms with E-state index in [4.69, 9.17) is 0 Å². The average Bonchev–Trinajstić information content (AvgIpc) is 2.81. The zero-order valence-corrected chi connectivity index (χ0v) is 12.0. The molecule has 2 aromatic rings. The third kappa shape index (κ3) is 2.69. The maximum Gasteiger partial charge on any atom is 0.359 e. The van der Waals surface area contributed by atoms with Crippen LogP contribution in [0.25, 0.3) is 10.2 Å². The van der Waals surface area contributed by atoms with Crippen molar-refractivity contribution in [3.63, 3.8) is 0 Å². The van der Waals surface area contributed by atoms with Gasteiger partial charge in [0.2, 0.25) is 0 Å². The summed E-state index contributed by atoms with van der Waals surface area (Å²) >= 11 is 1.67. The lowest BCUT2D eigenvalue weighted by Crippen LogP contribution is -3.26. The molecule has 0 bridgehead atoms. The number of anilines is 1. The van der Waals surface area contributed by atoms with Crippen molar-refractivity contribution in [1.29, 1.82) is 0 Å². The molecule has 5 nitrogen and oxygen atoms in total. The van der Waals surface area contributed by atoms with Crippen LogP contribution in [0.5, 0.6) is 0 Å². The van der Waals surface area contributed by atoms with Gasteiger partial charge in [0.15, 0.2) is 13.3 Å². The molecule has 1 aromatic heterocycles. The van der Waals surface area contributed by atoms with E-state index in [1.54, 1.807) is 11.3 Å². The maximum absolute atomic E-state index is 4.56. The molecule has 100 valence electrons. The van der Waals surface area contributed by atoms with E-state index in [9.17, 15) is 0 Å². The molecule has 0 aliphatic carbocycles. The number of quaternary nitrogens is 1. The molecule has 0 radical (unpaired) electrons. The van der Waals surface area contributed by atoms with Crippen LogP contribution in [-0.4, -0.2) is 30.3 Å². The molecule has 0 saturated heterocycles. The van der Waals surface area contributed by atoms with E-state index >= 15 is 0 Å². The number of nitrogens with zero attached hydrogens (tertiary/aromatic N) is 1. The van der Waals surface area contributed by atoms with Crippen molar-refractivity contribution >= 4 is 32.6 Å². The fourth-order valence-corrected chi connectivity index (χ4v) is 2.93. The number of fused-ring (bicyclic) bond motifs is 1. The van der Waals surface area contributed by atoms with E-state index in [2.05, 4.69) is 40.5 Å². The van der Waals surface area contributed by atoms with Crippen LogP contribution < -0.4 is 20.5 Å². The van der Waals surface area contributed by atoms with Crippen LogP contribution in [0, 0.1) is 0 Å². The molecule has 1 atom stereocenters. The first kappa shape index (κ1) is 12.4. The molecule has 6 heteroatoms. The summed E-state index contributed by atoms with van der Waals surface area (Å²) in [6.07, 6.45) is 0. The van der Waals surface area contributed by atoms with Crippen molar-refractivity contribution in [2.75, 3.05) is 18.7 Å². The first-order valence-electron chi connectivity index (χ1n) is 6.54. The average molecular weight is 277 g/mol. The second-order valence-corrected chi connectivity index (χ2v) is 6.04. The van der Waals surface area contributed by atoms with E-state index in [0.717, 1.165) is 29.9 Å². The Morgan fingerprint density at radius 2 is 2.26 bits per heavy atom. The Morgan fingerprint density at radius 3 is 2.95 bits per heavy atom. The molecule has 1 aliphatic heterocycles. The summed E-state index contributed by atoms with van der Waals surface area (Å²) in [5.41, 5.74) is 1.04. The van der Waals surface area contributed by atoms with Gasteiger partial charge in [-0.15, -0.1) is 0 Å². The number of hydrogen-bond donors (Lipinski definition) is 4. The summed E-state index contributed by atoms with van der Waals surface area (Å²) in [5.74, 6) is 0.948. The smallest absolute Gasteiger partial charge is 0.275 e. The highest BCUT2D eigenvalue weighted by Crippen LogP contribution is 2.24. The fraction of sp³-hybridized carbons (Fsp3) is 0.385. The quantitative estimate of drug-likeness (QED) is 0.567. The van der Waals surface area contributed by atoms with Gasteiger partial charge in [0.25, 0.3) is 5.13 Å². The molecule has 0 spiro atoms. The molecule has 19 heavy (non-hydrogen) atoms. The van der Waals surface area contributed by atoms with Gasteiger partial charge in [0, 0.05) is 0 Å². The summed E-state index contributed by atoms with van der Waals surface area (Å²) in [5, 5.41) is 7.61. The minimum Gasteiger partial charge on any atom is -0.275 e. The zero-order valence-electron chi connectivity index (χ0n) is 11.2. The van der Waals surface area contributed by atoms with E-state index < -0.39 is 0 Å². The third-order valence-corrected chi connectivity index (χ3v) is 4.28. The normalized spacial score (nSPS) is 19.3. The number of nitrogens with one attached hydrogen (secondary N) is 4. The Hall–Kier alpha value is -1.66. The van der Waals surface area contributed by atoms with Gasteiger partial charge in [0.05, 0.1) is 16.3 Å². The van der Waals surface area contributed by atoms with Gasteiger partial charge in [-0.1, -0.05) is 23.5 Å². The molecule has 1 unspecified atom stereocenters. The molecule has 1 aromatic carbocycles. The summed E-state index contributed by atoms with van der Waals surface area (Å²) < 4.78 is 1.20. The standard InChI is InChI=1S/C13H17N5S/c1-9(2)18-7-14-12(15-8-18)17-13-16-10-5-3-4-6-11(10)19-13/h3-6,9H,7-8H2,1-2H3,(H2,14,15,16,17)/p+2. The van der Waals surface area contributed by atoms with Gasteiger partial charge >= 0.3 is 5.96 Å². The van der Waals surface area contributed by atoms with E-state index in [0.29, 0.717) is 6.04 Å². The van der Waals surface area contributed by atoms with Gasteiger partial charge in [-0.05, 0) is 26.0 Å². The van der Waals surface area contributed by atoms with Crippen LogP contribution in [0.1, 0.15) is 13.8 Å². The van der Waals surface area contributed by atoms with Crippen molar-refractivity contribution in [1.82, 2.24) is 10.3 Å². The molecular formula is C13H19N5S+2. The highest BCUT2D eigenvalue weighted by atomic mass is 32.1. The first-order chi connectivity index (χ1) is 9.22. The number of rotatable bonds is 2. The van der Waals surface area contributed by atoms with Crippen molar-refractivity contribution in [3.05, 3.63) is 24.3 Å². The number of benzene rings is 1. The molecule has 1 aliphatic rings. The van der Waals surface area contributed by atoms with E-state index in [1.807, 2.05) is 18.2 Å². The largest absolute Gasteiger partial charge is 0.359 e. The van der Waals surface area contributed by atoms with Crippen LogP contribution in [-0.2, 0) is 0 Å². The Balaban J connectivity index is 1.72. The van der Waals surface area contributed by atoms with E-state index in [1.165, 1.54) is 9.60 Å². The second kappa shape index (κ2) is 5.14. The molecule has 3 rings (SSSR count). The third-order valence-electron chi connectivity index (χ3n) is 3.33. The van der Waals surface area contributed by atoms with E-state index in [-0.39, 0.29) is 0 Å². The molecular weight excluding hydrogens is 258 g/mol. The summed E-state index contributed by atoms with van der Waals surface area (Å²) in [7, 11) is 0. The van der Waals surface area contributed by atoms with Crippen molar-refractivity contribution in [2.24, 2.45) is 0 Å². The molecule has 0 amide bonds. The van der Waals surface area contributed by atoms with Crippen LogP contribution in [0.2, 0.25) is 0 Å². The highest BCUT2D eigenvalue weighted by molar-refractivity contribution is 7.22. The second-order valence-electron chi connectivity index (χ2n) is 5.01. The number of aromatic nitrogens is 1. The minimum atomic E-state index is 0.615. The molecule has 4 N–H and O–H groups in total. The zero-order chi connectivity index (χ0) is 13.2. The van der Waals surface area contributed by atoms with Crippen molar-refractivity contribution < 1.29 is 9.89 Å². The lowest BCUT2D eigenvalue weighted by Gasteiger charge is -2.23.